The molecule has 0 spiro atoms. The van der Waals surface area contributed by atoms with Crippen LogP contribution in [0, 0.1) is 5.92 Å². The van der Waals surface area contributed by atoms with Crippen molar-refractivity contribution in [2.45, 2.75) is 77.3 Å². The second-order valence-electron chi connectivity index (χ2n) is 9.12. The van der Waals surface area contributed by atoms with E-state index < -0.39 is 11.6 Å². The Hall–Kier alpha value is -2.21. The molecular formula is C24H31FN2O3. The summed E-state index contributed by atoms with van der Waals surface area (Å²) in [5.41, 5.74) is 2.53. The maximum absolute atomic E-state index is 14.3. The number of ketones is 1. The smallest absolute Gasteiger partial charge is 0.418 e. The van der Waals surface area contributed by atoms with Crippen molar-refractivity contribution in [1.82, 2.24) is 9.88 Å². The Balaban J connectivity index is 1.81. The van der Waals surface area contributed by atoms with E-state index in [0.717, 1.165) is 48.2 Å². The lowest BCUT2D eigenvalue weighted by Gasteiger charge is -2.39. The first kappa shape index (κ1) is 21.0. The van der Waals surface area contributed by atoms with Crippen LogP contribution in [-0.2, 0) is 27.9 Å². The fraction of sp³-hybridized carbons (Fsp3) is 0.583. The van der Waals surface area contributed by atoms with E-state index in [4.69, 9.17) is 4.74 Å². The molecule has 30 heavy (non-hydrogen) atoms. The van der Waals surface area contributed by atoms with Gasteiger partial charge in [-0.2, -0.15) is 0 Å². The zero-order valence-electron chi connectivity index (χ0n) is 18.1. The Morgan fingerprint density at radius 1 is 1.23 bits per heavy atom. The van der Waals surface area contributed by atoms with Gasteiger partial charge in [-0.15, -0.1) is 0 Å². The predicted octanol–water partition coefficient (Wildman–Crippen LogP) is 4.81. The highest BCUT2D eigenvalue weighted by molar-refractivity contribution is 5.88. The minimum atomic E-state index is -0.578. The van der Waals surface area contributed by atoms with Crippen molar-refractivity contribution < 1.29 is 18.7 Å². The van der Waals surface area contributed by atoms with E-state index in [1.807, 2.05) is 13.8 Å². The van der Waals surface area contributed by atoms with Gasteiger partial charge in [0.05, 0.1) is 12.6 Å². The summed E-state index contributed by atoms with van der Waals surface area (Å²) < 4.78 is 21.3. The number of halogens is 1. The van der Waals surface area contributed by atoms with Gasteiger partial charge in [-0.3, -0.25) is 14.7 Å². The summed E-state index contributed by atoms with van der Waals surface area (Å²) >= 11 is 0. The number of carbonyl (C=O) groups is 2. The largest absolute Gasteiger partial charge is 0.449 e. The van der Waals surface area contributed by atoms with Gasteiger partial charge < -0.3 is 4.74 Å². The molecule has 5 nitrogen and oxygen atoms in total. The summed E-state index contributed by atoms with van der Waals surface area (Å²) in [6.45, 7) is 6.04. The number of ether oxygens (including phenoxy) is 1. The van der Waals surface area contributed by atoms with Crippen molar-refractivity contribution >= 4 is 18.0 Å². The number of nitrogens with one attached hydrogen (secondary N) is 1. The van der Waals surface area contributed by atoms with E-state index in [-0.39, 0.29) is 30.2 Å². The van der Waals surface area contributed by atoms with Crippen molar-refractivity contribution in [3.63, 3.8) is 0 Å². The molecular weight excluding hydrogens is 383 g/mol. The van der Waals surface area contributed by atoms with Gasteiger partial charge in [0.2, 0.25) is 0 Å². The molecule has 1 saturated carbocycles. The molecule has 2 aliphatic carbocycles. The van der Waals surface area contributed by atoms with Gasteiger partial charge in [-0.25, -0.2) is 9.18 Å². The third kappa shape index (κ3) is 3.66. The lowest BCUT2D eigenvalue weighted by atomic mass is 9.78. The molecule has 1 aromatic heterocycles. The fourth-order valence-electron chi connectivity index (χ4n) is 5.42. The summed E-state index contributed by atoms with van der Waals surface area (Å²) in [6.07, 6.45) is 10.3. The maximum Gasteiger partial charge on any atom is 0.418 e. The van der Waals surface area contributed by atoms with Crippen molar-refractivity contribution in [2.75, 3.05) is 6.61 Å². The van der Waals surface area contributed by atoms with Crippen LogP contribution in [0.5, 0.6) is 0 Å². The summed E-state index contributed by atoms with van der Waals surface area (Å²) in [5.74, 6) is -0.0201. The Kier molecular flexibility index (Phi) is 5.71. The van der Waals surface area contributed by atoms with Crippen molar-refractivity contribution in [1.29, 1.82) is 0 Å². The van der Waals surface area contributed by atoms with Gasteiger partial charge in [-0.1, -0.05) is 25.3 Å². The topological polar surface area (TPSA) is 60.3 Å². The molecule has 1 fully saturated rings. The van der Waals surface area contributed by atoms with E-state index in [9.17, 15) is 14.0 Å². The van der Waals surface area contributed by atoms with Crippen molar-refractivity contribution in [3.8, 4) is 0 Å². The first-order valence-corrected chi connectivity index (χ1v) is 11.1. The van der Waals surface area contributed by atoms with Gasteiger partial charge in [0.15, 0.2) is 5.78 Å². The summed E-state index contributed by atoms with van der Waals surface area (Å²) in [7, 11) is 0. The number of aromatic nitrogens is 1. The molecule has 1 unspecified atom stereocenters. The molecule has 0 aromatic carbocycles. The first-order valence-electron chi connectivity index (χ1n) is 11.1. The van der Waals surface area contributed by atoms with Crippen molar-refractivity contribution in [3.05, 3.63) is 40.5 Å². The van der Waals surface area contributed by atoms with E-state index in [1.165, 1.54) is 18.6 Å². The van der Waals surface area contributed by atoms with Gasteiger partial charge in [-0.05, 0) is 45.8 Å². The van der Waals surface area contributed by atoms with E-state index >= 15 is 0 Å². The summed E-state index contributed by atoms with van der Waals surface area (Å²) in [6, 6.07) is -0.355. The predicted molar refractivity (Wildman–Crippen MR) is 114 cm³/mol. The number of hydrogen-bond acceptors (Lipinski definition) is 4. The zero-order chi connectivity index (χ0) is 21.5. The molecule has 3 aliphatic rings. The van der Waals surface area contributed by atoms with E-state index in [1.54, 1.807) is 17.6 Å². The second-order valence-corrected chi connectivity index (χ2v) is 9.12. The molecule has 0 saturated heterocycles. The highest BCUT2D eigenvalue weighted by atomic mass is 19.1. The van der Waals surface area contributed by atoms with Gasteiger partial charge >= 0.3 is 6.09 Å². The Bertz CT molecular complexity index is 919. The molecule has 0 amide bonds. The third-order valence-corrected chi connectivity index (χ3v) is 6.64. The SMILES string of the molecule is CCOC(=O)n1c2c(c3c1CC(C(=O)C1CCCCC1)NC3(C)C)C=C(F)C=CC2. The Morgan fingerprint density at radius 2 is 1.97 bits per heavy atom. The van der Waals surface area contributed by atoms with Crippen LogP contribution in [0.4, 0.5) is 9.18 Å². The highest BCUT2D eigenvalue weighted by Crippen LogP contribution is 2.40. The van der Waals surface area contributed by atoms with Crippen LogP contribution < -0.4 is 5.32 Å². The van der Waals surface area contributed by atoms with Crippen LogP contribution in [0.1, 0.15) is 75.4 Å². The molecule has 2 heterocycles. The molecule has 4 rings (SSSR count). The number of hydrogen-bond donors (Lipinski definition) is 1. The number of rotatable bonds is 3. The Morgan fingerprint density at radius 3 is 2.67 bits per heavy atom. The molecule has 162 valence electrons. The van der Waals surface area contributed by atoms with Crippen LogP contribution in [0.25, 0.3) is 6.08 Å². The first-order chi connectivity index (χ1) is 14.3. The molecule has 1 aromatic rings. The minimum absolute atomic E-state index is 0.0812. The number of nitrogens with zero attached hydrogens (tertiary/aromatic N) is 1. The standard InChI is InChI=1S/C24H31FN2O3/c1-4-30-23(29)27-19-12-8-11-16(25)13-17(19)21-20(27)14-18(26-24(21,2)3)22(28)15-9-6-5-7-10-15/h8,11,13,15,18,26H,4-7,9-10,12,14H2,1-3H3. The average molecular weight is 415 g/mol. The number of Topliss-reactive ketones (excluding diaryl/α,β-unsaturated/α-hetero) is 1. The molecule has 1 atom stereocenters. The molecule has 1 aliphatic heterocycles. The van der Waals surface area contributed by atoms with E-state index in [0.29, 0.717) is 12.8 Å². The molecule has 0 bridgehead atoms. The second kappa shape index (κ2) is 8.14. The van der Waals surface area contributed by atoms with Crippen LogP contribution in [-0.4, -0.2) is 29.1 Å². The Labute approximate surface area is 177 Å². The van der Waals surface area contributed by atoms with Crippen LogP contribution in [0.3, 0.4) is 0 Å². The summed E-state index contributed by atoms with van der Waals surface area (Å²) in [5, 5.41) is 3.53. The fourth-order valence-corrected chi connectivity index (χ4v) is 5.42. The highest BCUT2D eigenvalue weighted by Gasteiger charge is 2.43. The average Bonchev–Trinajstić information content (AvgIpc) is 2.89. The number of carbonyl (C=O) groups excluding carboxylic acids is 2. The number of fused-ring (bicyclic) bond motifs is 3. The molecule has 0 radical (unpaired) electrons. The molecule has 6 heteroatoms. The van der Waals surface area contributed by atoms with Gasteiger partial charge in [0.1, 0.15) is 5.83 Å². The normalized spacial score (nSPS) is 23.2. The minimum Gasteiger partial charge on any atom is -0.449 e. The third-order valence-electron chi connectivity index (χ3n) is 6.64. The van der Waals surface area contributed by atoms with Crippen LogP contribution in [0.2, 0.25) is 0 Å². The zero-order valence-corrected chi connectivity index (χ0v) is 18.1. The monoisotopic (exact) mass is 414 g/mol. The van der Waals surface area contributed by atoms with Gasteiger partial charge in [0.25, 0.3) is 0 Å². The quantitative estimate of drug-likeness (QED) is 0.771. The lowest BCUT2D eigenvalue weighted by molar-refractivity contribution is -0.126. The summed E-state index contributed by atoms with van der Waals surface area (Å²) in [4.78, 5) is 26.3. The molecule has 1 N–H and O–H groups in total. The van der Waals surface area contributed by atoms with Crippen molar-refractivity contribution in [2.24, 2.45) is 5.92 Å². The van der Waals surface area contributed by atoms with Crippen LogP contribution in [0.15, 0.2) is 18.0 Å². The number of allylic oxidation sites excluding steroid dienone is 3. The van der Waals surface area contributed by atoms with Crippen LogP contribution >= 0.6 is 0 Å². The van der Waals surface area contributed by atoms with E-state index in [2.05, 4.69) is 5.32 Å². The maximum atomic E-state index is 14.3. The van der Waals surface area contributed by atoms with Gasteiger partial charge in [0, 0.05) is 46.8 Å². The lowest BCUT2D eigenvalue weighted by Crippen LogP contribution is -2.54.